The van der Waals surface area contributed by atoms with Gasteiger partial charge in [-0.2, -0.15) is 0 Å². The van der Waals surface area contributed by atoms with Crippen LogP contribution in [0.3, 0.4) is 0 Å². The second-order valence-corrected chi connectivity index (χ2v) is 6.36. The van der Waals surface area contributed by atoms with Crippen LogP contribution in [0.2, 0.25) is 0 Å². The average molecular weight is 381 g/mol. The second kappa shape index (κ2) is 8.25. The van der Waals surface area contributed by atoms with Crippen LogP contribution in [0.4, 0.5) is 5.82 Å². The summed E-state index contributed by atoms with van der Waals surface area (Å²) in [6, 6.07) is 0. The summed E-state index contributed by atoms with van der Waals surface area (Å²) in [5.41, 5.74) is 1.56. The van der Waals surface area contributed by atoms with Gasteiger partial charge in [-0.1, -0.05) is 11.6 Å². The van der Waals surface area contributed by atoms with E-state index in [1.807, 2.05) is 0 Å². The molecule has 5 atom stereocenters. The Bertz CT molecular complexity index is 810. The fourth-order valence-electron chi connectivity index (χ4n) is 2.90. The van der Waals surface area contributed by atoms with Gasteiger partial charge in [-0.25, -0.2) is 15.0 Å². The zero-order chi connectivity index (χ0) is 19.6. The van der Waals surface area contributed by atoms with Crippen molar-refractivity contribution in [3.63, 3.8) is 0 Å². The maximum Gasteiger partial charge on any atom is 0.183 e. The Morgan fingerprint density at radius 1 is 1.19 bits per heavy atom. The van der Waals surface area contributed by atoms with Gasteiger partial charge in [0.25, 0.3) is 0 Å². The van der Waals surface area contributed by atoms with Crippen LogP contribution in [0.5, 0.6) is 0 Å². The van der Waals surface area contributed by atoms with Gasteiger partial charge < -0.3 is 35.6 Å². The molecule has 3 rings (SSSR count). The van der Waals surface area contributed by atoms with Crippen molar-refractivity contribution >= 4 is 17.0 Å². The van der Waals surface area contributed by atoms with Gasteiger partial charge in [0, 0.05) is 6.54 Å². The Kier molecular flexibility index (Phi) is 5.99. The Morgan fingerprint density at radius 2 is 1.96 bits per heavy atom. The van der Waals surface area contributed by atoms with Gasteiger partial charge in [-0.05, 0) is 6.92 Å². The van der Waals surface area contributed by atoms with Crippen molar-refractivity contribution in [3.8, 4) is 0 Å². The largest absolute Gasteiger partial charge is 0.394 e. The molecule has 1 aliphatic rings. The molecule has 1 saturated heterocycles. The first kappa shape index (κ1) is 19.6. The number of ether oxygens (including phenoxy) is 1. The van der Waals surface area contributed by atoms with Crippen molar-refractivity contribution in [3.05, 3.63) is 24.3 Å². The first-order valence-electron chi connectivity index (χ1n) is 8.46. The zero-order valence-corrected chi connectivity index (χ0v) is 14.7. The zero-order valence-electron chi connectivity index (χ0n) is 14.7. The monoisotopic (exact) mass is 381 g/mol. The molecule has 0 unspecified atom stereocenters. The second-order valence-electron chi connectivity index (χ2n) is 6.36. The summed E-state index contributed by atoms with van der Waals surface area (Å²) in [5.74, 6) is 0.413. The smallest absolute Gasteiger partial charge is 0.183 e. The normalized spacial score (nSPS) is 29.3. The number of nitrogens with one attached hydrogen (secondary N) is 1. The lowest BCUT2D eigenvalue weighted by molar-refractivity contribution is -0.250. The molecule has 3 heterocycles. The van der Waals surface area contributed by atoms with Crippen molar-refractivity contribution in [1.82, 2.24) is 19.5 Å². The molecule has 1 aliphatic heterocycles. The van der Waals surface area contributed by atoms with Gasteiger partial charge in [0.15, 0.2) is 17.7 Å². The van der Waals surface area contributed by atoms with Gasteiger partial charge in [-0.15, -0.1) is 0 Å². The Morgan fingerprint density at radius 3 is 2.67 bits per heavy atom. The minimum atomic E-state index is -1.51. The van der Waals surface area contributed by atoms with Crippen LogP contribution in [0.1, 0.15) is 13.2 Å². The number of aliphatic hydroxyl groups excluding tert-OH is 5. The molecular formula is C16H23N5O6. The van der Waals surface area contributed by atoms with Crippen LogP contribution in [-0.4, -0.2) is 89.2 Å². The highest BCUT2D eigenvalue weighted by atomic mass is 16.6. The van der Waals surface area contributed by atoms with Crippen LogP contribution < -0.4 is 5.32 Å². The third-order valence-corrected chi connectivity index (χ3v) is 4.48. The summed E-state index contributed by atoms with van der Waals surface area (Å²) < 4.78 is 7.03. The Hall–Kier alpha value is -2.15. The van der Waals surface area contributed by atoms with Crippen molar-refractivity contribution in [1.29, 1.82) is 0 Å². The van der Waals surface area contributed by atoms with E-state index in [1.54, 1.807) is 13.0 Å². The molecule has 2 aromatic heterocycles. The first-order chi connectivity index (χ1) is 13.0. The number of nitrogens with zero attached hydrogens (tertiary/aromatic N) is 4. The van der Waals surface area contributed by atoms with E-state index in [9.17, 15) is 20.4 Å². The van der Waals surface area contributed by atoms with Gasteiger partial charge in [0.1, 0.15) is 42.6 Å². The number of fused-ring (bicyclic) bond motifs is 1. The number of hydrogen-bond donors (Lipinski definition) is 6. The highest BCUT2D eigenvalue weighted by Crippen LogP contribution is 2.32. The summed E-state index contributed by atoms with van der Waals surface area (Å²) in [4.78, 5) is 12.4. The lowest BCUT2D eigenvalue weighted by Gasteiger charge is -2.40. The van der Waals surface area contributed by atoms with Crippen LogP contribution in [0, 0.1) is 0 Å². The van der Waals surface area contributed by atoms with Crippen LogP contribution in [0.15, 0.2) is 24.3 Å². The van der Waals surface area contributed by atoms with E-state index in [2.05, 4.69) is 20.3 Å². The molecule has 0 spiro atoms. The molecule has 2 aromatic rings. The number of aromatic nitrogens is 4. The molecule has 1 fully saturated rings. The van der Waals surface area contributed by atoms with Crippen molar-refractivity contribution in [2.24, 2.45) is 0 Å². The number of anilines is 1. The average Bonchev–Trinajstić information content (AvgIpc) is 3.11. The summed E-state index contributed by atoms with van der Waals surface area (Å²) in [5, 5.41) is 51.9. The standard InChI is InChI=1S/C16H23N5O6/c1-8(4-22)2-3-17-14-10-15(19-6-18-14)20-7-21(10)16-13(26)12(25)11(24)9(5-23)27-16/h2,6-7,9,11-13,16,22-26H,3-5H2,1H3,(H,17,18,19)/b8-2-/t9-,11-,12+,13-,16-/m1/s1. The third kappa shape index (κ3) is 3.78. The van der Waals surface area contributed by atoms with Crippen molar-refractivity contribution in [2.45, 2.75) is 37.6 Å². The molecule has 0 bridgehead atoms. The lowest BCUT2D eigenvalue weighted by Crippen LogP contribution is -2.56. The van der Waals surface area contributed by atoms with E-state index in [4.69, 9.17) is 9.84 Å². The molecule has 27 heavy (non-hydrogen) atoms. The van der Waals surface area contributed by atoms with E-state index in [-0.39, 0.29) is 6.61 Å². The Labute approximate surface area is 154 Å². The predicted octanol–water partition coefficient (Wildman–Crippen LogP) is -1.85. The number of imidazole rings is 1. The fourth-order valence-corrected chi connectivity index (χ4v) is 2.90. The molecule has 11 heteroatoms. The maximum absolute atomic E-state index is 10.4. The third-order valence-electron chi connectivity index (χ3n) is 4.48. The summed E-state index contributed by atoms with van der Waals surface area (Å²) in [6.07, 6.45) is -2.04. The minimum Gasteiger partial charge on any atom is -0.394 e. The molecule has 0 radical (unpaired) electrons. The minimum absolute atomic E-state index is 0.0519. The van der Waals surface area contributed by atoms with Crippen LogP contribution in [0.25, 0.3) is 11.2 Å². The van der Waals surface area contributed by atoms with E-state index >= 15 is 0 Å². The molecular weight excluding hydrogens is 358 g/mol. The molecule has 0 aromatic carbocycles. The maximum atomic E-state index is 10.4. The van der Waals surface area contributed by atoms with E-state index in [1.165, 1.54) is 17.2 Å². The summed E-state index contributed by atoms with van der Waals surface area (Å²) in [7, 11) is 0. The van der Waals surface area contributed by atoms with Crippen molar-refractivity contribution in [2.75, 3.05) is 25.1 Å². The van der Waals surface area contributed by atoms with Gasteiger partial charge in [0.05, 0.1) is 13.2 Å². The fraction of sp³-hybridized carbons (Fsp3) is 0.562. The molecule has 0 aliphatic carbocycles. The number of rotatable bonds is 6. The number of aliphatic hydroxyl groups is 5. The SMILES string of the molecule is C/C(=C/CNc1ncnc2ncn([C@@H]3O[C@H](CO)[C@@H](O)[C@H](O)[C@H]3O)c12)CO. The summed E-state index contributed by atoms with van der Waals surface area (Å²) >= 11 is 0. The summed E-state index contributed by atoms with van der Waals surface area (Å²) in [6.45, 7) is 1.60. The van der Waals surface area contributed by atoms with E-state index in [0.717, 1.165) is 5.57 Å². The highest BCUT2D eigenvalue weighted by molar-refractivity contribution is 5.83. The van der Waals surface area contributed by atoms with E-state index in [0.29, 0.717) is 23.5 Å². The molecule has 148 valence electrons. The topological polar surface area (TPSA) is 166 Å². The molecule has 0 amide bonds. The van der Waals surface area contributed by atoms with E-state index < -0.39 is 37.3 Å². The highest BCUT2D eigenvalue weighted by Gasteiger charge is 2.44. The van der Waals surface area contributed by atoms with Gasteiger partial charge in [0.2, 0.25) is 0 Å². The lowest BCUT2D eigenvalue weighted by atomic mass is 9.98. The van der Waals surface area contributed by atoms with Crippen molar-refractivity contribution < 1.29 is 30.3 Å². The van der Waals surface area contributed by atoms with Gasteiger partial charge >= 0.3 is 0 Å². The Balaban J connectivity index is 1.95. The predicted molar refractivity (Wildman–Crippen MR) is 93.7 cm³/mol. The van der Waals surface area contributed by atoms with Crippen LogP contribution >= 0.6 is 0 Å². The molecule has 0 saturated carbocycles. The quantitative estimate of drug-likeness (QED) is 0.313. The molecule has 6 N–H and O–H groups in total. The van der Waals surface area contributed by atoms with Crippen LogP contribution in [-0.2, 0) is 4.74 Å². The number of hydrogen-bond acceptors (Lipinski definition) is 10. The van der Waals surface area contributed by atoms with Gasteiger partial charge in [-0.3, -0.25) is 4.57 Å². The molecule has 11 nitrogen and oxygen atoms in total. The first-order valence-corrected chi connectivity index (χ1v) is 8.46.